The molecule has 0 fully saturated rings. The molecular formula is C21H18BrN3O3. The van der Waals surface area contributed by atoms with Gasteiger partial charge in [0.1, 0.15) is 11.3 Å². The number of carbonyl (C=O) groups excluding carboxylic acids is 1. The van der Waals surface area contributed by atoms with Crippen LogP contribution in [0.4, 0.5) is 0 Å². The van der Waals surface area contributed by atoms with Crippen molar-refractivity contribution in [1.82, 2.24) is 9.99 Å². The van der Waals surface area contributed by atoms with Gasteiger partial charge < -0.3 is 9.30 Å². The van der Waals surface area contributed by atoms with Crippen molar-refractivity contribution < 1.29 is 9.53 Å². The zero-order valence-electron chi connectivity index (χ0n) is 15.1. The number of methoxy groups -OCH3 is 1. The van der Waals surface area contributed by atoms with Crippen molar-refractivity contribution in [2.24, 2.45) is 5.10 Å². The number of rotatable bonds is 6. The normalized spacial score (nSPS) is 10.8. The van der Waals surface area contributed by atoms with Crippen LogP contribution in [-0.4, -0.2) is 23.8 Å². The van der Waals surface area contributed by atoms with Crippen LogP contribution in [0.3, 0.4) is 0 Å². The monoisotopic (exact) mass is 439 g/mol. The van der Waals surface area contributed by atoms with Gasteiger partial charge in [-0.1, -0.05) is 40.2 Å². The molecular weight excluding hydrogens is 422 g/mol. The summed E-state index contributed by atoms with van der Waals surface area (Å²) in [4.78, 5) is 25.0. The second-order valence-corrected chi connectivity index (χ2v) is 6.87. The fourth-order valence-electron chi connectivity index (χ4n) is 2.57. The van der Waals surface area contributed by atoms with E-state index in [9.17, 15) is 9.59 Å². The maximum absolute atomic E-state index is 12.6. The topological polar surface area (TPSA) is 72.7 Å². The Morgan fingerprint density at radius 2 is 1.96 bits per heavy atom. The van der Waals surface area contributed by atoms with E-state index in [1.807, 2.05) is 48.5 Å². The number of ether oxygens (including phenoxy) is 1. The molecule has 1 amide bonds. The highest BCUT2D eigenvalue weighted by molar-refractivity contribution is 9.10. The molecule has 0 radical (unpaired) electrons. The van der Waals surface area contributed by atoms with Crippen LogP contribution < -0.4 is 15.7 Å². The highest BCUT2D eigenvalue weighted by Gasteiger charge is 2.11. The van der Waals surface area contributed by atoms with E-state index in [1.165, 1.54) is 16.8 Å². The molecule has 2 aromatic carbocycles. The van der Waals surface area contributed by atoms with Crippen LogP contribution in [0.25, 0.3) is 0 Å². The summed E-state index contributed by atoms with van der Waals surface area (Å²) in [5, 5.41) is 3.93. The lowest BCUT2D eigenvalue weighted by atomic mass is 10.2. The number of hydrogen-bond acceptors (Lipinski definition) is 4. The lowest BCUT2D eigenvalue weighted by Crippen LogP contribution is -2.30. The van der Waals surface area contributed by atoms with E-state index in [4.69, 9.17) is 4.74 Å². The number of halogens is 1. The molecule has 28 heavy (non-hydrogen) atoms. The summed E-state index contributed by atoms with van der Waals surface area (Å²) in [6.45, 7) is 0.352. The zero-order valence-corrected chi connectivity index (χ0v) is 16.7. The molecule has 1 N–H and O–H groups in total. The molecule has 0 aliphatic rings. The summed E-state index contributed by atoms with van der Waals surface area (Å²) in [5.41, 5.74) is 3.79. The van der Waals surface area contributed by atoms with Gasteiger partial charge in [0.25, 0.3) is 11.5 Å². The molecule has 0 spiro atoms. The van der Waals surface area contributed by atoms with Gasteiger partial charge in [0.05, 0.1) is 19.9 Å². The smallest absolute Gasteiger partial charge is 0.276 e. The number of hydrogen-bond donors (Lipinski definition) is 1. The van der Waals surface area contributed by atoms with Crippen molar-refractivity contribution in [2.45, 2.75) is 6.54 Å². The van der Waals surface area contributed by atoms with Gasteiger partial charge in [-0.25, -0.2) is 5.43 Å². The van der Waals surface area contributed by atoms with Gasteiger partial charge in [0.2, 0.25) is 0 Å². The summed E-state index contributed by atoms with van der Waals surface area (Å²) >= 11 is 3.37. The molecule has 142 valence electrons. The van der Waals surface area contributed by atoms with Crippen LogP contribution in [-0.2, 0) is 6.54 Å². The molecule has 0 unspecified atom stereocenters. The van der Waals surface area contributed by atoms with Crippen LogP contribution in [0.2, 0.25) is 0 Å². The summed E-state index contributed by atoms with van der Waals surface area (Å²) in [7, 11) is 1.60. The first-order chi connectivity index (χ1) is 13.6. The predicted octanol–water partition coefficient (Wildman–Crippen LogP) is 3.43. The summed E-state index contributed by atoms with van der Waals surface area (Å²) in [5.74, 6) is 0.188. The molecule has 3 rings (SSSR count). The minimum atomic E-state index is -0.555. The first-order valence-corrected chi connectivity index (χ1v) is 9.27. The van der Waals surface area contributed by atoms with Gasteiger partial charge in [-0.3, -0.25) is 9.59 Å². The Kier molecular flexibility index (Phi) is 6.39. The van der Waals surface area contributed by atoms with Gasteiger partial charge in [0.15, 0.2) is 0 Å². The van der Waals surface area contributed by atoms with E-state index >= 15 is 0 Å². The minimum absolute atomic E-state index is 0.0300. The van der Waals surface area contributed by atoms with Crippen molar-refractivity contribution in [3.05, 3.63) is 98.4 Å². The molecule has 0 aliphatic heterocycles. The first kappa shape index (κ1) is 19.6. The third-order valence-electron chi connectivity index (χ3n) is 4.01. The zero-order chi connectivity index (χ0) is 19.9. The first-order valence-electron chi connectivity index (χ1n) is 8.48. The SMILES string of the molecule is COc1ccc(Cn2cccc(C(=O)N/N=C\c3cccc(Br)c3)c2=O)cc1. The predicted molar refractivity (Wildman–Crippen MR) is 112 cm³/mol. The van der Waals surface area contributed by atoms with Crippen LogP contribution in [0.1, 0.15) is 21.5 Å². The summed E-state index contributed by atoms with van der Waals surface area (Å²) in [6.07, 6.45) is 3.16. The van der Waals surface area contributed by atoms with Gasteiger partial charge in [-0.05, 0) is 47.5 Å². The number of benzene rings is 2. The average Bonchev–Trinajstić information content (AvgIpc) is 2.70. The van der Waals surface area contributed by atoms with Gasteiger partial charge in [0, 0.05) is 10.7 Å². The standard InChI is InChI=1S/C21H18BrN3O3/c1-28-18-9-7-15(8-10-18)14-25-11-3-6-19(21(25)27)20(26)24-23-13-16-4-2-5-17(22)12-16/h2-13H,14H2,1H3,(H,24,26)/b23-13-. The second-order valence-electron chi connectivity index (χ2n) is 5.96. The lowest BCUT2D eigenvalue weighted by molar-refractivity contribution is 0.0953. The number of amides is 1. The lowest BCUT2D eigenvalue weighted by Gasteiger charge is -2.08. The van der Waals surface area contributed by atoms with E-state index < -0.39 is 5.91 Å². The highest BCUT2D eigenvalue weighted by Crippen LogP contribution is 2.12. The van der Waals surface area contributed by atoms with Gasteiger partial charge in [-0.15, -0.1) is 0 Å². The Morgan fingerprint density at radius 1 is 1.18 bits per heavy atom. The fourth-order valence-corrected chi connectivity index (χ4v) is 2.99. The van der Waals surface area contributed by atoms with Crippen LogP contribution in [0, 0.1) is 0 Å². The number of nitrogens with one attached hydrogen (secondary N) is 1. The molecule has 6 nitrogen and oxygen atoms in total. The summed E-state index contributed by atoms with van der Waals surface area (Å²) in [6, 6.07) is 18.0. The molecule has 1 heterocycles. The third kappa shape index (κ3) is 4.95. The van der Waals surface area contributed by atoms with Crippen molar-refractivity contribution >= 4 is 28.1 Å². The Bertz CT molecular complexity index is 1060. The van der Waals surface area contributed by atoms with Gasteiger partial charge in [-0.2, -0.15) is 5.10 Å². The Balaban J connectivity index is 1.72. The van der Waals surface area contributed by atoms with Gasteiger partial charge >= 0.3 is 0 Å². The number of hydrazone groups is 1. The number of carbonyl (C=O) groups is 1. The number of nitrogens with zero attached hydrogens (tertiary/aromatic N) is 2. The minimum Gasteiger partial charge on any atom is -0.497 e. The van der Waals surface area contributed by atoms with E-state index in [0.29, 0.717) is 6.54 Å². The molecule has 0 saturated heterocycles. The Hall–Kier alpha value is -3.19. The van der Waals surface area contributed by atoms with E-state index in [1.54, 1.807) is 19.4 Å². The van der Waals surface area contributed by atoms with E-state index in [-0.39, 0.29) is 11.1 Å². The van der Waals surface area contributed by atoms with E-state index in [0.717, 1.165) is 21.3 Å². The molecule has 3 aromatic rings. The number of pyridine rings is 1. The maximum Gasteiger partial charge on any atom is 0.276 e. The van der Waals surface area contributed by atoms with Crippen molar-refractivity contribution in [1.29, 1.82) is 0 Å². The van der Waals surface area contributed by atoms with Crippen LogP contribution >= 0.6 is 15.9 Å². The maximum atomic E-state index is 12.6. The molecule has 0 bridgehead atoms. The van der Waals surface area contributed by atoms with Crippen molar-refractivity contribution in [2.75, 3.05) is 7.11 Å². The largest absolute Gasteiger partial charge is 0.497 e. The number of aromatic nitrogens is 1. The van der Waals surface area contributed by atoms with Crippen molar-refractivity contribution in [3.8, 4) is 5.75 Å². The van der Waals surface area contributed by atoms with Crippen LogP contribution in [0.5, 0.6) is 5.75 Å². The Labute approximate surface area is 170 Å². The van der Waals surface area contributed by atoms with Crippen molar-refractivity contribution in [3.63, 3.8) is 0 Å². The third-order valence-corrected chi connectivity index (χ3v) is 4.50. The summed E-state index contributed by atoms with van der Waals surface area (Å²) < 4.78 is 7.52. The fraction of sp³-hybridized carbons (Fsp3) is 0.0952. The quantitative estimate of drug-likeness (QED) is 0.472. The highest BCUT2D eigenvalue weighted by atomic mass is 79.9. The molecule has 0 saturated carbocycles. The van der Waals surface area contributed by atoms with E-state index in [2.05, 4.69) is 26.5 Å². The van der Waals surface area contributed by atoms with Crippen LogP contribution in [0.15, 0.2) is 81.2 Å². The Morgan fingerprint density at radius 3 is 2.68 bits per heavy atom. The molecule has 0 atom stereocenters. The average molecular weight is 440 g/mol. The second kappa shape index (κ2) is 9.14. The molecule has 0 aliphatic carbocycles. The molecule has 7 heteroatoms. The molecule has 1 aromatic heterocycles.